The van der Waals surface area contributed by atoms with Gasteiger partial charge in [0.1, 0.15) is 5.75 Å². The summed E-state index contributed by atoms with van der Waals surface area (Å²) >= 11 is 5.85. The fourth-order valence-electron chi connectivity index (χ4n) is 1.58. The Morgan fingerprint density at radius 2 is 2.05 bits per heavy atom. The summed E-state index contributed by atoms with van der Waals surface area (Å²) in [6.45, 7) is 1.90. The maximum absolute atomic E-state index is 11.6. The molecule has 108 valence electrons. The number of ether oxygens (including phenoxy) is 1. The predicted octanol–water partition coefficient (Wildman–Crippen LogP) is 3.18. The molecule has 0 aliphatic rings. The molecule has 2 aromatic carbocycles. The van der Waals surface area contributed by atoms with Crippen molar-refractivity contribution in [3.05, 3.63) is 64.7 Å². The van der Waals surface area contributed by atoms with Gasteiger partial charge in [-0.1, -0.05) is 41.4 Å². The Balaban J connectivity index is 1.78. The molecule has 0 aromatic heterocycles. The summed E-state index contributed by atoms with van der Waals surface area (Å²) in [6, 6.07) is 14.6. The van der Waals surface area contributed by atoms with Crippen LogP contribution in [0.1, 0.15) is 11.1 Å². The molecule has 0 heterocycles. The molecule has 0 bridgehead atoms. The minimum atomic E-state index is -0.325. The summed E-state index contributed by atoms with van der Waals surface area (Å²) in [5.74, 6) is 0.323. The highest BCUT2D eigenvalue weighted by molar-refractivity contribution is 6.30. The second-order valence-corrected chi connectivity index (χ2v) is 4.89. The summed E-state index contributed by atoms with van der Waals surface area (Å²) < 4.78 is 5.34. The van der Waals surface area contributed by atoms with Gasteiger partial charge in [-0.15, -0.1) is 0 Å². The van der Waals surface area contributed by atoms with Crippen molar-refractivity contribution in [3.8, 4) is 5.75 Å². The van der Waals surface area contributed by atoms with Crippen LogP contribution in [0.3, 0.4) is 0 Å². The van der Waals surface area contributed by atoms with Crippen LogP contribution in [0.5, 0.6) is 5.75 Å². The maximum atomic E-state index is 11.6. The molecule has 0 atom stereocenters. The Kier molecular flexibility index (Phi) is 5.35. The molecule has 2 rings (SSSR count). The van der Waals surface area contributed by atoms with Gasteiger partial charge in [-0.3, -0.25) is 4.79 Å². The average Bonchev–Trinajstić information content (AvgIpc) is 2.47. The number of nitrogens with zero attached hydrogens (tertiary/aromatic N) is 1. The first-order valence-corrected chi connectivity index (χ1v) is 6.78. The Hall–Kier alpha value is -2.33. The molecule has 21 heavy (non-hydrogen) atoms. The monoisotopic (exact) mass is 302 g/mol. The van der Waals surface area contributed by atoms with Gasteiger partial charge in [-0.25, -0.2) is 5.43 Å². The van der Waals surface area contributed by atoms with Gasteiger partial charge in [0.2, 0.25) is 0 Å². The molecule has 0 spiro atoms. The third-order valence-corrected chi connectivity index (χ3v) is 2.88. The second kappa shape index (κ2) is 7.45. The summed E-state index contributed by atoms with van der Waals surface area (Å²) in [7, 11) is 0. The van der Waals surface area contributed by atoms with Crippen molar-refractivity contribution in [3.63, 3.8) is 0 Å². The molecule has 0 radical (unpaired) electrons. The van der Waals surface area contributed by atoms with Crippen molar-refractivity contribution < 1.29 is 9.53 Å². The van der Waals surface area contributed by atoms with Crippen molar-refractivity contribution in [2.45, 2.75) is 6.92 Å². The smallest absolute Gasteiger partial charge is 0.277 e. The molecule has 2 aromatic rings. The van der Waals surface area contributed by atoms with Crippen LogP contribution in [0.2, 0.25) is 5.02 Å². The fraction of sp³-hybridized carbons (Fsp3) is 0.125. The minimum Gasteiger partial charge on any atom is -0.484 e. The Morgan fingerprint density at radius 3 is 2.76 bits per heavy atom. The number of halogens is 1. The number of carbonyl (C=O) groups is 1. The van der Waals surface area contributed by atoms with Crippen LogP contribution in [0.15, 0.2) is 53.6 Å². The van der Waals surface area contributed by atoms with Gasteiger partial charge in [-0.05, 0) is 36.8 Å². The molecule has 0 aliphatic heterocycles. The van der Waals surface area contributed by atoms with Gasteiger partial charge in [0.25, 0.3) is 5.91 Å². The topological polar surface area (TPSA) is 50.7 Å². The first-order chi connectivity index (χ1) is 10.1. The molecule has 4 nitrogen and oxygen atoms in total. The molecular weight excluding hydrogens is 288 g/mol. The van der Waals surface area contributed by atoms with Gasteiger partial charge in [-0.2, -0.15) is 5.10 Å². The zero-order chi connectivity index (χ0) is 15.1. The van der Waals surface area contributed by atoms with Crippen LogP contribution in [0.4, 0.5) is 0 Å². The van der Waals surface area contributed by atoms with Gasteiger partial charge in [0.05, 0.1) is 6.21 Å². The zero-order valence-corrected chi connectivity index (χ0v) is 12.3. The number of hydrogen-bond acceptors (Lipinski definition) is 3. The highest BCUT2D eigenvalue weighted by atomic mass is 35.5. The standard InChI is InChI=1S/C16H15ClN2O2/c1-12-5-7-15(8-6-12)21-11-16(20)19-18-10-13-3-2-4-14(17)9-13/h2-10H,11H2,1H3,(H,19,20)/b18-10-. The molecule has 0 unspecified atom stereocenters. The Labute approximate surface area is 128 Å². The number of aryl methyl sites for hydroxylation is 1. The van der Waals surface area contributed by atoms with Gasteiger partial charge < -0.3 is 4.74 Å². The van der Waals surface area contributed by atoms with E-state index in [4.69, 9.17) is 16.3 Å². The van der Waals surface area contributed by atoms with E-state index in [0.29, 0.717) is 10.8 Å². The molecule has 1 N–H and O–H groups in total. The molecule has 0 saturated carbocycles. The molecular formula is C16H15ClN2O2. The van der Waals surface area contributed by atoms with Crippen molar-refractivity contribution in [2.75, 3.05) is 6.61 Å². The number of hydrazone groups is 1. The number of hydrogen-bond donors (Lipinski definition) is 1. The third kappa shape index (κ3) is 5.28. The molecule has 1 amide bonds. The average molecular weight is 303 g/mol. The summed E-state index contributed by atoms with van der Waals surface area (Å²) in [5, 5.41) is 4.46. The van der Waals surface area contributed by atoms with Crippen LogP contribution >= 0.6 is 11.6 Å². The van der Waals surface area contributed by atoms with E-state index in [1.165, 1.54) is 6.21 Å². The first-order valence-electron chi connectivity index (χ1n) is 6.40. The SMILES string of the molecule is Cc1ccc(OCC(=O)N/N=C\c2cccc(Cl)c2)cc1. The van der Waals surface area contributed by atoms with E-state index in [2.05, 4.69) is 10.5 Å². The summed E-state index contributed by atoms with van der Waals surface area (Å²) in [6.07, 6.45) is 1.52. The summed E-state index contributed by atoms with van der Waals surface area (Å²) in [4.78, 5) is 11.6. The van der Waals surface area contributed by atoms with Gasteiger partial charge in [0.15, 0.2) is 6.61 Å². The van der Waals surface area contributed by atoms with Crippen molar-refractivity contribution in [1.29, 1.82) is 0 Å². The van der Waals surface area contributed by atoms with Crippen molar-refractivity contribution >= 4 is 23.7 Å². The van der Waals surface area contributed by atoms with E-state index in [1.807, 2.05) is 43.3 Å². The highest BCUT2D eigenvalue weighted by Gasteiger charge is 2.01. The predicted molar refractivity (Wildman–Crippen MR) is 83.9 cm³/mol. The van der Waals surface area contributed by atoms with Crippen LogP contribution < -0.4 is 10.2 Å². The Morgan fingerprint density at radius 1 is 1.29 bits per heavy atom. The van der Waals surface area contributed by atoms with E-state index >= 15 is 0 Å². The van der Waals surface area contributed by atoms with Crippen LogP contribution in [-0.2, 0) is 4.79 Å². The highest BCUT2D eigenvalue weighted by Crippen LogP contribution is 2.11. The minimum absolute atomic E-state index is 0.0874. The summed E-state index contributed by atoms with van der Waals surface area (Å²) in [5.41, 5.74) is 4.34. The molecule has 0 saturated heterocycles. The van der Waals surface area contributed by atoms with Crippen LogP contribution in [-0.4, -0.2) is 18.7 Å². The van der Waals surface area contributed by atoms with Gasteiger partial charge >= 0.3 is 0 Å². The lowest BCUT2D eigenvalue weighted by atomic mass is 10.2. The number of nitrogens with one attached hydrogen (secondary N) is 1. The Bertz CT molecular complexity index is 639. The molecule has 5 heteroatoms. The van der Waals surface area contributed by atoms with Crippen molar-refractivity contribution in [1.82, 2.24) is 5.43 Å². The quantitative estimate of drug-likeness (QED) is 0.681. The first kappa shape index (κ1) is 15.1. The van der Waals surface area contributed by atoms with E-state index in [-0.39, 0.29) is 12.5 Å². The lowest BCUT2D eigenvalue weighted by Crippen LogP contribution is -2.24. The molecule has 0 fully saturated rings. The maximum Gasteiger partial charge on any atom is 0.277 e. The van der Waals surface area contributed by atoms with E-state index in [0.717, 1.165) is 11.1 Å². The van der Waals surface area contributed by atoms with E-state index < -0.39 is 0 Å². The van der Waals surface area contributed by atoms with Crippen LogP contribution in [0.25, 0.3) is 0 Å². The number of benzene rings is 2. The normalized spacial score (nSPS) is 10.6. The lowest BCUT2D eigenvalue weighted by molar-refractivity contribution is -0.123. The number of carbonyl (C=O) groups excluding carboxylic acids is 1. The number of amides is 1. The van der Waals surface area contributed by atoms with E-state index in [1.54, 1.807) is 12.1 Å². The zero-order valence-electron chi connectivity index (χ0n) is 11.5. The van der Waals surface area contributed by atoms with Crippen molar-refractivity contribution in [2.24, 2.45) is 5.10 Å². The van der Waals surface area contributed by atoms with Gasteiger partial charge in [0, 0.05) is 5.02 Å². The van der Waals surface area contributed by atoms with E-state index in [9.17, 15) is 4.79 Å². The van der Waals surface area contributed by atoms with Crippen LogP contribution in [0, 0.1) is 6.92 Å². The number of rotatable bonds is 5. The second-order valence-electron chi connectivity index (χ2n) is 4.45. The largest absolute Gasteiger partial charge is 0.484 e. The fourth-order valence-corrected chi connectivity index (χ4v) is 1.78. The third-order valence-electron chi connectivity index (χ3n) is 2.64. The molecule has 0 aliphatic carbocycles. The lowest BCUT2D eigenvalue weighted by Gasteiger charge is -2.05.